The van der Waals surface area contributed by atoms with Crippen molar-refractivity contribution in [2.24, 2.45) is 10.7 Å². The van der Waals surface area contributed by atoms with Gasteiger partial charge in [-0.2, -0.15) is 4.98 Å². The summed E-state index contributed by atoms with van der Waals surface area (Å²) >= 11 is 5.99. The summed E-state index contributed by atoms with van der Waals surface area (Å²) in [6.07, 6.45) is 3.72. The van der Waals surface area contributed by atoms with Crippen LogP contribution in [0, 0.1) is 17.5 Å². The Kier molecular flexibility index (Phi) is 7.78. The van der Waals surface area contributed by atoms with E-state index in [1.54, 1.807) is 0 Å². The van der Waals surface area contributed by atoms with Crippen LogP contribution in [0.5, 0.6) is 0 Å². The molecule has 0 saturated heterocycles. The van der Waals surface area contributed by atoms with E-state index in [9.17, 15) is 18.0 Å². The molecule has 1 heterocycles. The molecule has 0 atom stereocenters. The summed E-state index contributed by atoms with van der Waals surface area (Å²) in [4.78, 5) is 23.1. The predicted octanol–water partition coefficient (Wildman–Crippen LogP) is 2.19. The van der Waals surface area contributed by atoms with Crippen molar-refractivity contribution in [3.05, 3.63) is 58.3 Å². The van der Waals surface area contributed by atoms with Gasteiger partial charge in [-0.05, 0) is 12.1 Å². The van der Waals surface area contributed by atoms with E-state index >= 15 is 0 Å². The molecule has 0 aliphatic carbocycles. The van der Waals surface area contributed by atoms with Crippen LogP contribution in [0.2, 0.25) is 5.02 Å². The van der Waals surface area contributed by atoms with Crippen molar-refractivity contribution in [3.8, 4) is 0 Å². The Morgan fingerprint density at radius 3 is 2.72 bits per heavy atom. The highest BCUT2D eigenvalue weighted by atomic mass is 35.5. The molecule has 5 N–H and O–H groups in total. The summed E-state index contributed by atoms with van der Waals surface area (Å²) in [6, 6.07) is 1.51. The van der Waals surface area contributed by atoms with Gasteiger partial charge in [-0.15, -0.1) is 0 Å². The molecule has 1 aromatic carbocycles. The van der Waals surface area contributed by atoms with Crippen molar-refractivity contribution in [2.75, 3.05) is 24.2 Å². The van der Waals surface area contributed by atoms with Crippen molar-refractivity contribution in [1.29, 1.82) is 0 Å². The Morgan fingerprint density at radius 1 is 1.31 bits per heavy atom. The van der Waals surface area contributed by atoms with Gasteiger partial charge < -0.3 is 21.7 Å². The van der Waals surface area contributed by atoms with Gasteiger partial charge in [-0.25, -0.2) is 18.2 Å². The van der Waals surface area contributed by atoms with E-state index in [0.29, 0.717) is 6.07 Å². The first-order chi connectivity index (χ1) is 13.8. The number of anilines is 2. The summed E-state index contributed by atoms with van der Waals surface area (Å²) in [5.41, 5.74) is 5.27. The highest BCUT2D eigenvalue weighted by molar-refractivity contribution is 6.32. The van der Waals surface area contributed by atoms with Gasteiger partial charge in [0.15, 0.2) is 17.5 Å². The van der Waals surface area contributed by atoms with Gasteiger partial charge >= 0.3 is 0 Å². The van der Waals surface area contributed by atoms with Crippen LogP contribution in [0.25, 0.3) is 0 Å². The first-order valence-corrected chi connectivity index (χ1v) is 8.51. The van der Waals surface area contributed by atoms with Crippen molar-refractivity contribution < 1.29 is 18.0 Å². The summed E-state index contributed by atoms with van der Waals surface area (Å²) in [6.45, 7) is -0.507. The molecule has 2 rings (SSSR count). The van der Waals surface area contributed by atoms with Crippen LogP contribution in [0.3, 0.4) is 0 Å². The average Bonchev–Trinajstić information content (AvgIpc) is 2.71. The third-order valence-corrected chi connectivity index (χ3v) is 3.77. The molecule has 29 heavy (non-hydrogen) atoms. The molecule has 154 valence electrons. The quantitative estimate of drug-likeness (QED) is 0.379. The topological polar surface area (TPSA) is 117 Å². The number of hydrogen-bond acceptors (Lipinski definition) is 7. The van der Waals surface area contributed by atoms with E-state index in [-0.39, 0.29) is 34.9 Å². The largest absolute Gasteiger partial charge is 0.403 e. The number of nitrogens with two attached hydrogens (primary N) is 1. The molecule has 0 fully saturated rings. The predicted molar refractivity (Wildman–Crippen MR) is 104 cm³/mol. The second-order valence-corrected chi connectivity index (χ2v) is 5.86. The number of carbonyl (C=O) groups is 1. The molecule has 0 unspecified atom stereocenters. The Labute approximate surface area is 169 Å². The summed E-state index contributed by atoms with van der Waals surface area (Å²) in [5.74, 6) is -3.59. The number of hydrogen-bond donors (Lipinski definition) is 4. The molecular weight excluding hydrogens is 411 g/mol. The minimum Gasteiger partial charge on any atom is -0.403 e. The lowest BCUT2D eigenvalue weighted by molar-refractivity contribution is -0.119. The van der Waals surface area contributed by atoms with Gasteiger partial charge in [0, 0.05) is 31.6 Å². The lowest BCUT2D eigenvalue weighted by Crippen LogP contribution is -2.20. The van der Waals surface area contributed by atoms with Crippen molar-refractivity contribution in [1.82, 2.24) is 15.3 Å². The molecule has 2 aromatic rings. The molecule has 0 spiro atoms. The van der Waals surface area contributed by atoms with Crippen LogP contribution in [-0.2, 0) is 11.3 Å². The van der Waals surface area contributed by atoms with E-state index in [4.69, 9.17) is 17.3 Å². The lowest BCUT2D eigenvalue weighted by Gasteiger charge is -2.11. The Balaban J connectivity index is 2.11. The maximum absolute atomic E-state index is 13.8. The van der Waals surface area contributed by atoms with Gasteiger partial charge in [-0.3, -0.25) is 9.79 Å². The summed E-state index contributed by atoms with van der Waals surface area (Å²) in [5, 5.41) is 7.85. The van der Waals surface area contributed by atoms with Crippen LogP contribution < -0.4 is 21.7 Å². The number of halogens is 4. The van der Waals surface area contributed by atoms with E-state index in [1.165, 1.54) is 25.7 Å². The second-order valence-electron chi connectivity index (χ2n) is 5.46. The van der Waals surface area contributed by atoms with Crippen LogP contribution in [0.15, 0.2) is 35.2 Å². The smallest absolute Gasteiger partial charge is 0.241 e. The van der Waals surface area contributed by atoms with E-state index in [1.807, 2.05) is 0 Å². The number of nitrogens with one attached hydrogen (secondary N) is 3. The van der Waals surface area contributed by atoms with E-state index in [0.717, 1.165) is 6.07 Å². The Hall–Kier alpha value is -3.34. The van der Waals surface area contributed by atoms with Crippen LogP contribution in [0.1, 0.15) is 5.56 Å². The summed E-state index contributed by atoms with van der Waals surface area (Å²) in [7, 11) is 1.48. The van der Waals surface area contributed by atoms with Gasteiger partial charge in [0.05, 0.1) is 11.9 Å². The van der Waals surface area contributed by atoms with E-state index in [2.05, 4.69) is 30.9 Å². The number of aromatic nitrogens is 2. The fraction of sp³-hybridized carbons (Fsp3) is 0.176. The first kappa shape index (κ1) is 22.0. The summed E-state index contributed by atoms with van der Waals surface area (Å²) < 4.78 is 40.8. The number of allylic oxidation sites excluding steroid dienone is 1. The molecule has 12 heteroatoms. The fourth-order valence-electron chi connectivity index (χ4n) is 2.01. The average molecular weight is 428 g/mol. The van der Waals surface area contributed by atoms with Crippen molar-refractivity contribution in [3.63, 3.8) is 0 Å². The van der Waals surface area contributed by atoms with E-state index < -0.39 is 29.6 Å². The molecule has 8 nitrogen and oxygen atoms in total. The maximum Gasteiger partial charge on any atom is 0.241 e. The minimum absolute atomic E-state index is 0.0418. The monoisotopic (exact) mass is 427 g/mol. The molecule has 0 aliphatic rings. The fourth-order valence-corrected chi connectivity index (χ4v) is 2.16. The maximum atomic E-state index is 13.8. The van der Waals surface area contributed by atoms with Crippen LogP contribution in [-0.4, -0.2) is 35.7 Å². The Bertz CT molecular complexity index is 953. The number of carbonyl (C=O) groups excluding carboxylic acids is 1. The third kappa shape index (κ3) is 6.07. The third-order valence-electron chi connectivity index (χ3n) is 3.50. The molecular formula is C17H17ClF3N7O. The SMILES string of the molecule is CNC(=O)CN=CC(=CN)Nc1ncc(Cl)c(NCc2c(F)ccc(F)c2F)n1. The van der Waals surface area contributed by atoms with Gasteiger partial charge in [0.1, 0.15) is 17.4 Å². The number of rotatable bonds is 8. The molecule has 1 aromatic heterocycles. The van der Waals surface area contributed by atoms with Crippen molar-refractivity contribution >= 4 is 35.5 Å². The zero-order valence-electron chi connectivity index (χ0n) is 15.1. The van der Waals surface area contributed by atoms with Crippen molar-refractivity contribution in [2.45, 2.75) is 6.54 Å². The zero-order chi connectivity index (χ0) is 21.4. The normalized spacial score (nSPS) is 11.6. The molecule has 0 radical (unpaired) electrons. The molecule has 0 saturated carbocycles. The minimum atomic E-state index is -1.30. The van der Waals surface area contributed by atoms with Gasteiger partial charge in [-0.1, -0.05) is 11.6 Å². The number of benzene rings is 1. The van der Waals surface area contributed by atoms with Gasteiger partial charge in [0.2, 0.25) is 11.9 Å². The lowest BCUT2D eigenvalue weighted by atomic mass is 10.2. The zero-order valence-corrected chi connectivity index (χ0v) is 15.9. The number of nitrogens with zero attached hydrogens (tertiary/aromatic N) is 3. The standard InChI is InChI=1S/C17H17ClF3N7O/c1-23-14(29)8-24-5-9(4-22)27-17-26-7-11(18)16(28-17)25-6-10-12(19)2-3-13(20)15(10)21/h2-5,7H,6,8,22H2,1H3,(H,23,29)(H2,25,26,27,28). The molecule has 0 aliphatic heterocycles. The first-order valence-electron chi connectivity index (χ1n) is 8.13. The van der Waals surface area contributed by atoms with Crippen LogP contribution in [0.4, 0.5) is 24.9 Å². The Morgan fingerprint density at radius 2 is 2.03 bits per heavy atom. The second kappa shape index (κ2) is 10.3. The molecule has 0 bridgehead atoms. The van der Waals surface area contributed by atoms with Crippen LogP contribution >= 0.6 is 11.6 Å². The highest BCUT2D eigenvalue weighted by Crippen LogP contribution is 2.22. The highest BCUT2D eigenvalue weighted by Gasteiger charge is 2.15. The number of likely N-dealkylation sites (N-methyl/N-ethyl adjacent to an activating group) is 1. The number of amides is 1. The number of aliphatic imine (C=N–C) groups is 1. The van der Waals surface area contributed by atoms with Gasteiger partial charge in [0.25, 0.3) is 0 Å². The molecule has 1 amide bonds.